The second-order valence-electron chi connectivity index (χ2n) is 10.3. The van der Waals surface area contributed by atoms with Crippen molar-refractivity contribution in [2.24, 2.45) is 10.8 Å². The number of hydrogen-bond acceptors (Lipinski definition) is 5. The largest absolute Gasteiger partial charge is 0.507 e. The summed E-state index contributed by atoms with van der Waals surface area (Å²) in [4.78, 5) is 19.5. The molecule has 2 bridgehead atoms. The summed E-state index contributed by atoms with van der Waals surface area (Å²) in [6.07, 6.45) is 5.23. The molecule has 2 atom stereocenters. The van der Waals surface area contributed by atoms with Crippen molar-refractivity contribution in [3.05, 3.63) is 58.6 Å². The van der Waals surface area contributed by atoms with Crippen molar-refractivity contribution in [1.82, 2.24) is 9.88 Å². The van der Waals surface area contributed by atoms with Crippen LogP contribution < -0.4 is 5.63 Å². The molecule has 2 fully saturated rings. The molecule has 0 radical (unpaired) electrons. The van der Waals surface area contributed by atoms with Gasteiger partial charge in [0.25, 0.3) is 0 Å². The summed E-state index contributed by atoms with van der Waals surface area (Å²) in [6.45, 7) is 8.69. The Balaban J connectivity index is 1.55. The Kier molecular flexibility index (Phi) is 4.30. The van der Waals surface area contributed by atoms with E-state index in [1.54, 1.807) is 24.4 Å². The number of aromatic hydroxyl groups is 1. The predicted molar refractivity (Wildman–Crippen MR) is 117 cm³/mol. The van der Waals surface area contributed by atoms with E-state index in [1.807, 2.05) is 18.2 Å². The summed E-state index contributed by atoms with van der Waals surface area (Å²) in [6, 6.07) is 11.3. The molecule has 2 aromatic heterocycles. The molecule has 5 nitrogen and oxygen atoms in total. The van der Waals surface area contributed by atoms with Crippen LogP contribution in [-0.2, 0) is 6.54 Å². The topological polar surface area (TPSA) is 66.6 Å². The number of phenols is 1. The molecule has 5 heteroatoms. The number of fused-ring (bicyclic) bond motifs is 3. The van der Waals surface area contributed by atoms with E-state index in [4.69, 9.17) is 4.42 Å². The Bertz CT molecular complexity index is 1170. The molecule has 3 heterocycles. The molecule has 1 saturated heterocycles. The molecule has 30 heavy (non-hydrogen) atoms. The monoisotopic (exact) mass is 404 g/mol. The number of pyridine rings is 1. The van der Waals surface area contributed by atoms with Gasteiger partial charge >= 0.3 is 5.63 Å². The van der Waals surface area contributed by atoms with Gasteiger partial charge in [-0.2, -0.15) is 0 Å². The molecule has 0 spiro atoms. The minimum atomic E-state index is -0.429. The zero-order valence-electron chi connectivity index (χ0n) is 17.8. The van der Waals surface area contributed by atoms with Gasteiger partial charge in [-0.3, -0.25) is 9.88 Å². The number of likely N-dealkylation sites (tertiary alicyclic amines) is 1. The molecule has 0 unspecified atom stereocenters. The van der Waals surface area contributed by atoms with E-state index < -0.39 is 5.63 Å². The van der Waals surface area contributed by atoms with Crippen LogP contribution in [0.4, 0.5) is 0 Å². The summed E-state index contributed by atoms with van der Waals surface area (Å²) < 4.78 is 5.76. The summed E-state index contributed by atoms with van der Waals surface area (Å²) >= 11 is 0. The Hall–Kier alpha value is -2.66. The number of nitrogens with zero attached hydrogens (tertiary/aromatic N) is 2. The van der Waals surface area contributed by atoms with Crippen molar-refractivity contribution < 1.29 is 9.52 Å². The first kappa shape index (κ1) is 19.3. The van der Waals surface area contributed by atoms with Crippen LogP contribution in [0.25, 0.3) is 22.2 Å². The van der Waals surface area contributed by atoms with Gasteiger partial charge in [0.05, 0.1) is 16.8 Å². The third kappa shape index (κ3) is 3.31. The van der Waals surface area contributed by atoms with Gasteiger partial charge in [0, 0.05) is 30.7 Å². The maximum atomic E-state index is 12.8. The molecule has 0 amide bonds. The summed E-state index contributed by atoms with van der Waals surface area (Å²) in [5.41, 5.74) is 2.41. The number of aromatic nitrogens is 1. The Morgan fingerprint density at radius 2 is 2.03 bits per heavy atom. The maximum Gasteiger partial charge on any atom is 0.345 e. The minimum Gasteiger partial charge on any atom is -0.507 e. The molecular weight excluding hydrogens is 376 g/mol. The van der Waals surface area contributed by atoms with Crippen molar-refractivity contribution in [3.8, 4) is 17.0 Å². The van der Waals surface area contributed by atoms with Crippen LogP contribution in [0.1, 0.15) is 45.6 Å². The Morgan fingerprint density at radius 1 is 1.20 bits per heavy atom. The molecule has 1 aromatic carbocycles. The smallest absolute Gasteiger partial charge is 0.345 e. The SMILES string of the molecule is CC1(C)C[C@@H]2C[C@](C)(CN2Cc2c(O)ccc3cc(-c4ccccn4)c(=O)oc23)C1. The average molecular weight is 405 g/mol. The van der Waals surface area contributed by atoms with Crippen LogP contribution in [0.3, 0.4) is 0 Å². The van der Waals surface area contributed by atoms with Crippen LogP contribution in [0, 0.1) is 10.8 Å². The van der Waals surface area contributed by atoms with E-state index in [1.165, 1.54) is 12.8 Å². The van der Waals surface area contributed by atoms with Gasteiger partial charge < -0.3 is 9.52 Å². The van der Waals surface area contributed by atoms with E-state index in [0.717, 1.165) is 18.4 Å². The molecule has 5 rings (SSSR count). The van der Waals surface area contributed by atoms with Gasteiger partial charge in [-0.25, -0.2) is 4.79 Å². The first-order chi connectivity index (χ1) is 14.2. The summed E-state index contributed by atoms with van der Waals surface area (Å²) in [5.74, 6) is 0.182. The summed E-state index contributed by atoms with van der Waals surface area (Å²) in [7, 11) is 0. The van der Waals surface area contributed by atoms with Gasteiger partial charge in [0.15, 0.2) is 0 Å². The van der Waals surface area contributed by atoms with Crippen LogP contribution in [0.2, 0.25) is 0 Å². The fraction of sp³-hybridized carbons (Fsp3) is 0.440. The van der Waals surface area contributed by atoms with Crippen molar-refractivity contribution in [2.45, 2.75) is 52.6 Å². The number of rotatable bonds is 3. The first-order valence-electron chi connectivity index (χ1n) is 10.7. The highest BCUT2D eigenvalue weighted by molar-refractivity contribution is 5.85. The molecule has 1 N–H and O–H groups in total. The van der Waals surface area contributed by atoms with Crippen LogP contribution in [0.5, 0.6) is 5.75 Å². The van der Waals surface area contributed by atoms with Crippen molar-refractivity contribution >= 4 is 11.0 Å². The van der Waals surface area contributed by atoms with Gasteiger partial charge in [-0.1, -0.05) is 26.8 Å². The fourth-order valence-electron chi connectivity index (χ4n) is 6.05. The summed E-state index contributed by atoms with van der Waals surface area (Å²) in [5, 5.41) is 11.5. The third-order valence-corrected chi connectivity index (χ3v) is 6.81. The van der Waals surface area contributed by atoms with Crippen molar-refractivity contribution in [2.75, 3.05) is 6.54 Å². The predicted octanol–water partition coefficient (Wildman–Crippen LogP) is 4.96. The van der Waals surface area contributed by atoms with E-state index in [9.17, 15) is 9.90 Å². The maximum absolute atomic E-state index is 12.8. The normalized spacial score (nSPS) is 25.6. The zero-order chi connectivity index (χ0) is 21.1. The highest BCUT2D eigenvalue weighted by atomic mass is 16.4. The highest BCUT2D eigenvalue weighted by Crippen LogP contribution is 2.53. The van der Waals surface area contributed by atoms with Crippen LogP contribution in [0.15, 0.2) is 51.8 Å². The van der Waals surface area contributed by atoms with E-state index in [0.29, 0.717) is 45.8 Å². The molecule has 3 aromatic rings. The van der Waals surface area contributed by atoms with E-state index in [-0.39, 0.29) is 5.75 Å². The first-order valence-corrected chi connectivity index (χ1v) is 10.7. The van der Waals surface area contributed by atoms with Gasteiger partial charge in [0.1, 0.15) is 11.3 Å². The quantitative estimate of drug-likeness (QED) is 0.625. The van der Waals surface area contributed by atoms with Crippen molar-refractivity contribution in [3.63, 3.8) is 0 Å². The Morgan fingerprint density at radius 3 is 2.80 bits per heavy atom. The lowest BCUT2D eigenvalue weighted by molar-refractivity contribution is 0.126. The standard InChI is InChI=1S/C25H28N2O3/c1-24(2)11-17-12-25(3,14-24)15-27(17)13-19-21(28)8-7-16-10-18(23(29)30-22(16)19)20-6-4-5-9-26-20/h4-10,17,28H,11-15H2,1-3H3/t17-,25+/m1/s1. The second kappa shape index (κ2) is 6.67. The fourth-order valence-corrected chi connectivity index (χ4v) is 6.05. The van der Waals surface area contributed by atoms with Crippen LogP contribution >= 0.6 is 0 Å². The lowest BCUT2D eigenvalue weighted by atomic mass is 9.65. The molecule has 1 saturated carbocycles. The lowest BCUT2D eigenvalue weighted by Gasteiger charge is -2.40. The number of hydrogen-bond donors (Lipinski definition) is 1. The van der Waals surface area contributed by atoms with Gasteiger partial charge in [-0.15, -0.1) is 0 Å². The number of benzene rings is 1. The van der Waals surface area contributed by atoms with E-state index in [2.05, 4.69) is 30.7 Å². The molecular formula is C25H28N2O3. The van der Waals surface area contributed by atoms with Gasteiger partial charge in [-0.05, 0) is 60.4 Å². The molecule has 1 aliphatic heterocycles. The molecule has 2 aliphatic rings. The molecule has 1 aliphatic carbocycles. The van der Waals surface area contributed by atoms with E-state index >= 15 is 0 Å². The lowest BCUT2D eigenvalue weighted by Crippen LogP contribution is -2.34. The van der Waals surface area contributed by atoms with Crippen molar-refractivity contribution in [1.29, 1.82) is 0 Å². The van der Waals surface area contributed by atoms with Crippen LogP contribution in [-0.4, -0.2) is 27.6 Å². The number of phenolic OH excluding ortho intramolecular Hbond substituents is 1. The highest BCUT2D eigenvalue weighted by Gasteiger charge is 2.49. The Labute approximate surface area is 176 Å². The minimum absolute atomic E-state index is 0.182. The average Bonchev–Trinajstić information content (AvgIpc) is 2.92. The molecule has 156 valence electrons. The van der Waals surface area contributed by atoms with Gasteiger partial charge in [0.2, 0.25) is 0 Å². The second-order valence-corrected chi connectivity index (χ2v) is 10.3. The zero-order valence-corrected chi connectivity index (χ0v) is 17.8. The third-order valence-electron chi connectivity index (χ3n) is 6.81.